The lowest BCUT2D eigenvalue weighted by Crippen LogP contribution is -2.14. The molecule has 3 aromatic carbocycles. The summed E-state index contributed by atoms with van der Waals surface area (Å²) in [5.41, 5.74) is 1.87. The van der Waals surface area contributed by atoms with Crippen LogP contribution in [0, 0.1) is 6.92 Å². The number of phenolic OH excluding ortho intramolecular Hbond substituents is 2. The number of carbonyl (C=O) groups excluding carboxylic acids is 2. The number of ether oxygens (including phenoxy) is 1. The van der Waals surface area contributed by atoms with Crippen molar-refractivity contribution >= 4 is 28.7 Å². The highest BCUT2D eigenvalue weighted by Gasteiger charge is 2.22. The fraction of sp³-hybridized carbons (Fsp3) is 0.0870. The van der Waals surface area contributed by atoms with E-state index in [2.05, 4.69) is 10.3 Å². The van der Waals surface area contributed by atoms with E-state index in [1.165, 1.54) is 19.2 Å². The van der Waals surface area contributed by atoms with Crippen LogP contribution in [0.15, 0.2) is 59.0 Å². The van der Waals surface area contributed by atoms with Crippen LogP contribution >= 0.6 is 0 Å². The summed E-state index contributed by atoms with van der Waals surface area (Å²) < 4.78 is 10.6. The SMILES string of the molecule is COC(=O)c1cccc2oc(-c3cccc(O)c3NC(=O)c3c(C)cccc3O)nc12. The van der Waals surface area contributed by atoms with Crippen LogP contribution in [0.25, 0.3) is 22.6 Å². The van der Waals surface area contributed by atoms with Crippen molar-refractivity contribution in [2.75, 3.05) is 12.4 Å². The van der Waals surface area contributed by atoms with E-state index in [9.17, 15) is 19.8 Å². The van der Waals surface area contributed by atoms with Crippen LogP contribution in [0.3, 0.4) is 0 Å². The van der Waals surface area contributed by atoms with Gasteiger partial charge in [0.05, 0.1) is 29.5 Å². The van der Waals surface area contributed by atoms with Crippen LogP contribution in [-0.2, 0) is 4.74 Å². The van der Waals surface area contributed by atoms with E-state index in [1.807, 2.05) is 0 Å². The van der Waals surface area contributed by atoms with Crippen LogP contribution in [0.4, 0.5) is 5.69 Å². The Morgan fingerprint density at radius 2 is 1.71 bits per heavy atom. The number of methoxy groups -OCH3 is 1. The van der Waals surface area contributed by atoms with Crippen molar-refractivity contribution in [3.05, 3.63) is 71.3 Å². The number of aromatic nitrogens is 1. The molecule has 8 heteroatoms. The van der Waals surface area contributed by atoms with Crippen molar-refractivity contribution in [2.45, 2.75) is 6.92 Å². The van der Waals surface area contributed by atoms with Crippen molar-refractivity contribution < 1.29 is 29.0 Å². The number of rotatable bonds is 4. The predicted octanol–water partition coefficient (Wildman–Crippen LogP) is 4.25. The third-order valence-corrected chi connectivity index (χ3v) is 4.81. The minimum atomic E-state index is -0.607. The van der Waals surface area contributed by atoms with E-state index in [-0.39, 0.29) is 34.2 Å². The lowest BCUT2D eigenvalue weighted by Gasteiger charge is -2.13. The molecule has 0 saturated heterocycles. The van der Waals surface area contributed by atoms with Crippen LogP contribution < -0.4 is 5.32 Å². The molecule has 0 saturated carbocycles. The molecule has 0 aliphatic heterocycles. The first-order valence-corrected chi connectivity index (χ1v) is 9.31. The van der Waals surface area contributed by atoms with Gasteiger partial charge in [0.1, 0.15) is 17.0 Å². The average molecular weight is 418 g/mol. The quantitative estimate of drug-likeness (QED) is 0.334. The number of benzene rings is 3. The summed E-state index contributed by atoms with van der Waals surface area (Å²) in [4.78, 5) is 29.3. The Morgan fingerprint density at radius 1 is 1.00 bits per heavy atom. The predicted molar refractivity (Wildman–Crippen MR) is 113 cm³/mol. The van der Waals surface area contributed by atoms with E-state index in [4.69, 9.17) is 9.15 Å². The smallest absolute Gasteiger partial charge is 0.340 e. The van der Waals surface area contributed by atoms with Gasteiger partial charge >= 0.3 is 5.97 Å². The third kappa shape index (κ3) is 3.55. The van der Waals surface area contributed by atoms with Crippen LogP contribution in [0.1, 0.15) is 26.3 Å². The summed E-state index contributed by atoms with van der Waals surface area (Å²) >= 11 is 0. The molecule has 0 bridgehead atoms. The van der Waals surface area contributed by atoms with E-state index >= 15 is 0 Å². The molecule has 1 aromatic heterocycles. The Bertz CT molecular complexity index is 1300. The zero-order valence-electron chi connectivity index (χ0n) is 16.7. The van der Waals surface area contributed by atoms with Crippen LogP contribution in [0.5, 0.6) is 11.5 Å². The summed E-state index contributed by atoms with van der Waals surface area (Å²) in [7, 11) is 1.27. The molecule has 3 N–H and O–H groups in total. The van der Waals surface area contributed by atoms with E-state index in [0.717, 1.165) is 0 Å². The van der Waals surface area contributed by atoms with Gasteiger partial charge in [0.25, 0.3) is 5.91 Å². The highest BCUT2D eigenvalue weighted by atomic mass is 16.5. The highest BCUT2D eigenvalue weighted by Crippen LogP contribution is 2.37. The Balaban J connectivity index is 1.81. The molecule has 4 rings (SSSR count). The molecule has 0 atom stereocenters. The van der Waals surface area contributed by atoms with Gasteiger partial charge in [-0.15, -0.1) is 0 Å². The number of fused-ring (bicyclic) bond motifs is 1. The first kappa shape index (κ1) is 20.0. The third-order valence-electron chi connectivity index (χ3n) is 4.81. The number of esters is 1. The number of nitrogens with zero attached hydrogens (tertiary/aromatic N) is 1. The van der Waals surface area contributed by atoms with Crippen LogP contribution in [0.2, 0.25) is 0 Å². The molecule has 156 valence electrons. The number of aryl methyl sites for hydroxylation is 1. The second-order valence-electron chi connectivity index (χ2n) is 6.79. The summed E-state index contributed by atoms with van der Waals surface area (Å²) in [5.74, 6) is -1.48. The number of nitrogens with one attached hydrogen (secondary N) is 1. The molecule has 0 aliphatic carbocycles. The Hall–Kier alpha value is -4.33. The van der Waals surface area contributed by atoms with Crippen molar-refractivity contribution in [1.82, 2.24) is 4.98 Å². The topological polar surface area (TPSA) is 122 Å². The number of aromatic hydroxyl groups is 2. The van der Waals surface area contributed by atoms with Gasteiger partial charge in [-0.05, 0) is 42.8 Å². The van der Waals surface area contributed by atoms with E-state index < -0.39 is 11.9 Å². The molecule has 0 spiro atoms. The molecule has 31 heavy (non-hydrogen) atoms. The fourth-order valence-corrected chi connectivity index (χ4v) is 3.31. The molecule has 0 aliphatic rings. The van der Waals surface area contributed by atoms with Gasteiger partial charge in [-0.2, -0.15) is 0 Å². The Labute approximate surface area is 176 Å². The second kappa shape index (κ2) is 7.83. The minimum Gasteiger partial charge on any atom is -0.507 e. The number of oxazole rings is 1. The molecule has 0 radical (unpaired) electrons. The van der Waals surface area contributed by atoms with Crippen molar-refractivity contribution in [3.63, 3.8) is 0 Å². The molecule has 4 aromatic rings. The largest absolute Gasteiger partial charge is 0.507 e. The maximum atomic E-state index is 12.9. The van der Waals surface area contributed by atoms with Crippen LogP contribution in [-0.4, -0.2) is 34.2 Å². The first-order valence-electron chi connectivity index (χ1n) is 9.31. The maximum absolute atomic E-state index is 12.9. The fourth-order valence-electron chi connectivity index (χ4n) is 3.31. The van der Waals surface area contributed by atoms with Gasteiger partial charge in [0.2, 0.25) is 5.89 Å². The first-order chi connectivity index (χ1) is 14.9. The van der Waals surface area contributed by atoms with Gasteiger partial charge in [0, 0.05) is 0 Å². The maximum Gasteiger partial charge on any atom is 0.340 e. The summed E-state index contributed by atoms with van der Waals surface area (Å²) in [6, 6.07) is 14.1. The Kier molecular flexibility index (Phi) is 5.04. The lowest BCUT2D eigenvalue weighted by molar-refractivity contribution is 0.0602. The average Bonchev–Trinajstić information content (AvgIpc) is 3.18. The summed E-state index contributed by atoms with van der Waals surface area (Å²) in [6.45, 7) is 1.69. The summed E-state index contributed by atoms with van der Waals surface area (Å²) in [6.07, 6.45) is 0. The molecule has 1 heterocycles. The second-order valence-corrected chi connectivity index (χ2v) is 6.79. The number of carbonyl (C=O) groups is 2. The number of anilines is 1. The molecule has 0 fully saturated rings. The minimum absolute atomic E-state index is 0.0568. The van der Waals surface area contributed by atoms with Gasteiger partial charge in [0.15, 0.2) is 5.58 Å². The van der Waals surface area contributed by atoms with E-state index in [1.54, 1.807) is 49.4 Å². The Morgan fingerprint density at radius 3 is 2.45 bits per heavy atom. The number of para-hydroxylation sites is 2. The zero-order chi connectivity index (χ0) is 22.1. The molecular weight excluding hydrogens is 400 g/mol. The van der Waals surface area contributed by atoms with Gasteiger partial charge in [-0.1, -0.05) is 24.3 Å². The number of hydrogen-bond donors (Lipinski definition) is 3. The normalized spacial score (nSPS) is 10.8. The number of amides is 1. The lowest BCUT2D eigenvalue weighted by atomic mass is 10.1. The summed E-state index contributed by atoms with van der Waals surface area (Å²) in [5, 5.41) is 23.1. The van der Waals surface area contributed by atoms with Crippen molar-refractivity contribution in [1.29, 1.82) is 0 Å². The van der Waals surface area contributed by atoms with E-state index in [0.29, 0.717) is 22.2 Å². The number of phenols is 2. The monoisotopic (exact) mass is 418 g/mol. The van der Waals surface area contributed by atoms with Gasteiger partial charge in [-0.25, -0.2) is 9.78 Å². The van der Waals surface area contributed by atoms with Gasteiger partial charge in [-0.3, -0.25) is 4.79 Å². The highest BCUT2D eigenvalue weighted by molar-refractivity contribution is 6.09. The standard InChI is InChI=1S/C23H18N2O6/c1-12-6-3-9-15(26)18(12)21(28)24-19-13(7-4-10-16(19)27)22-25-20-14(23(29)30-2)8-5-11-17(20)31-22/h3-11,26-27H,1-2H3,(H,24,28). The molecule has 1 amide bonds. The molecular formula is C23H18N2O6. The van der Waals surface area contributed by atoms with Gasteiger partial charge < -0.3 is 24.7 Å². The number of hydrogen-bond acceptors (Lipinski definition) is 7. The molecule has 8 nitrogen and oxygen atoms in total. The van der Waals surface area contributed by atoms with Crippen molar-refractivity contribution in [3.8, 4) is 23.0 Å². The molecule has 0 unspecified atom stereocenters. The van der Waals surface area contributed by atoms with Crippen molar-refractivity contribution in [2.24, 2.45) is 0 Å². The zero-order valence-corrected chi connectivity index (χ0v) is 16.7.